The van der Waals surface area contributed by atoms with Gasteiger partial charge in [-0.3, -0.25) is 9.97 Å². The van der Waals surface area contributed by atoms with Gasteiger partial charge in [0.25, 0.3) is 0 Å². The molecule has 0 bridgehead atoms. The molecule has 6 heteroatoms. The van der Waals surface area contributed by atoms with E-state index in [1.54, 1.807) is 36.7 Å². The van der Waals surface area contributed by atoms with E-state index in [-0.39, 0.29) is 0 Å². The lowest BCUT2D eigenvalue weighted by Crippen LogP contribution is -2.05. The van der Waals surface area contributed by atoms with Crippen LogP contribution in [0.3, 0.4) is 0 Å². The monoisotopic (exact) mass is 396 g/mol. The second-order valence-electron chi connectivity index (χ2n) is 6.20. The SMILES string of the molecule is COC(=O)c1cccc(C#Cc2ccnc(CN)c2)c1C#Cc1ccnc(CN)c1. The molecule has 0 saturated heterocycles. The van der Waals surface area contributed by atoms with Gasteiger partial charge in [0.05, 0.1) is 29.6 Å². The Labute approximate surface area is 175 Å². The van der Waals surface area contributed by atoms with Crippen LogP contribution in [0, 0.1) is 23.7 Å². The second kappa shape index (κ2) is 9.99. The number of carbonyl (C=O) groups excluding carboxylic acids is 1. The van der Waals surface area contributed by atoms with Crippen molar-refractivity contribution >= 4 is 5.97 Å². The van der Waals surface area contributed by atoms with Crippen molar-refractivity contribution in [1.82, 2.24) is 9.97 Å². The summed E-state index contributed by atoms with van der Waals surface area (Å²) in [6.45, 7) is 0.655. The summed E-state index contributed by atoms with van der Waals surface area (Å²) in [5.74, 6) is 11.8. The topological polar surface area (TPSA) is 104 Å². The molecule has 0 aliphatic carbocycles. The lowest BCUT2D eigenvalue weighted by Gasteiger charge is -2.05. The Morgan fingerprint density at radius 3 is 2.07 bits per heavy atom. The third-order valence-corrected chi connectivity index (χ3v) is 4.19. The van der Waals surface area contributed by atoms with Crippen LogP contribution in [0.4, 0.5) is 0 Å². The Hall–Kier alpha value is -3.97. The Morgan fingerprint density at radius 1 is 0.900 bits per heavy atom. The third kappa shape index (κ3) is 5.09. The second-order valence-corrected chi connectivity index (χ2v) is 6.20. The number of methoxy groups -OCH3 is 1. The van der Waals surface area contributed by atoms with Crippen LogP contribution in [0.25, 0.3) is 0 Å². The van der Waals surface area contributed by atoms with Crippen molar-refractivity contribution in [2.45, 2.75) is 13.1 Å². The number of hydrogen-bond acceptors (Lipinski definition) is 6. The average molecular weight is 396 g/mol. The van der Waals surface area contributed by atoms with E-state index in [1.807, 2.05) is 18.2 Å². The number of nitrogens with two attached hydrogens (primary N) is 2. The maximum atomic E-state index is 12.3. The number of carbonyl (C=O) groups is 1. The van der Waals surface area contributed by atoms with Crippen molar-refractivity contribution in [3.63, 3.8) is 0 Å². The zero-order valence-electron chi connectivity index (χ0n) is 16.5. The van der Waals surface area contributed by atoms with Crippen LogP contribution in [0.15, 0.2) is 54.9 Å². The molecule has 3 rings (SSSR count). The molecule has 0 atom stereocenters. The van der Waals surface area contributed by atoms with Crippen LogP contribution in [-0.2, 0) is 17.8 Å². The van der Waals surface area contributed by atoms with Gasteiger partial charge in [-0.2, -0.15) is 0 Å². The molecule has 4 N–H and O–H groups in total. The number of pyridine rings is 2. The number of benzene rings is 1. The first kappa shape index (κ1) is 20.8. The molecule has 6 nitrogen and oxygen atoms in total. The fourth-order valence-electron chi connectivity index (χ4n) is 2.68. The van der Waals surface area contributed by atoms with Gasteiger partial charge in [0.15, 0.2) is 0 Å². The summed E-state index contributed by atoms with van der Waals surface area (Å²) in [6, 6.07) is 12.4. The predicted molar refractivity (Wildman–Crippen MR) is 114 cm³/mol. The van der Waals surface area contributed by atoms with Gasteiger partial charge in [0.1, 0.15) is 0 Å². The highest BCUT2D eigenvalue weighted by molar-refractivity contribution is 5.93. The summed E-state index contributed by atoms with van der Waals surface area (Å²) >= 11 is 0. The van der Waals surface area contributed by atoms with Gasteiger partial charge in [0.2, 0.25) is 0 Å². The van der Waals surface area contributed by atoms with E-state index in [9.17, 15) is 4.79 Å². The Balaban J connectivity index is 2.08. The van der Waals surface area contributed by atoms with Gasteiger partial charge in [-0.05, 0) is 36.4 Å². The first-order valence-corrected chi connectivity index (χ1v) is 9.20. The van der Waals surface area contributed by atoms with Crippen LogP contribution in [0.5, 0.6) is 0 Å². The third-order valence-electron chi connectivity index (χ3n) is 4.19. The van der Waals surface area contributed by atoms with Crippen molar-refractivity contribution in [1.29, 1.82) is 0 Å². The normalized spacial score (nSPS) is 9.70. The summed E-state index contributed by atoms with van der Waals surface area (Å²) in [5.41, 5.74) is 15.7. The molecule has 0 amide bonds. The molecule has 0 spiro atoms. The van der Waals surface area contributed by atoms with E-state index >= 15 is 0 Å². The Kier molecular flexibility index (Phi) is 6.91. The predicted octanol–water partition coefficient (Wildman–Crippen LogP) is 1.98. The number of ether oxygens (including phenoxy) is 1. The lowest BCUT2D eigenvalue weighted by atomic mass is 10.0. The maximum absolute atomic E-state index is 12.3. The van der Waals surface area contributed by atoms with Gasteiger partial charge in [-0.15, -0.1) is 0 Å². The quantitative estimate of drug-likeness (QED) is 0.518. The highest BCUT2D eigenvalue weighted by atomic mass is 16.5. The fourth-order valence-corrected chi connectivity index (χ4v) is 2.68. The minimum Gasteiger partial charge on any atom is -0.465 e. The molecule has 30 heavy (non-hydrogen) atoms. The lowest BCUT2D eigenvalue weighted by molar-refractivity contribution is 0.0600. The zero-order valence-corrected chi connectivity index (χ0v) is 16.5. The van der Waals surface area contributed by atoms with Gasteiger partial charge in [-0.25, -0.2) is 4.79 Å². The average Bonchev–Trinajstić information content (AvgIpc) is 2.81. The molecule has 0 radical (unpaired) electrons. The molecule has 0 saturated carbocycles. The first-order chi connectivity index (χ1) is 14.6. The van der Waals surface area contributed by atoms with Crippen molar-refractivity contribution < 1.29 is 9.53 Å². The van der Waals surface area contributed by atoms with E-state index < -0.39 is 5.97 Å². The van der Waals surface area contributed by atoms with Crippen molar-refractivity contribution in [3.05, 3.63) is 94.1 Å². The molecule has 0 aliphatic rings. The van der Waals surface area contributed by atoms with Crippen molar-refractivity contribution in [3.8, 4) is 23.7 Å². The molecule has 3 aromatic rings. The van der Waals surface area contributed by atoms with Gasteiger partial charge in [0, 0.05) is 42.2 Å². The first-order valence-electron chi connectivity index (χ1n) is 9.20. The van der Waals surface area contributed by atoms with E-state index in [0.29, 0.717) is 29.8 Å². The van der Waals surface area contributed by atoms with Crippen LogP contribution in [0.1, 0.15) is 44.0 Å². The molecule has 0 aliphatic heterocycles. The number of aromatic nitrogens is 2. The van der Waals surface area contributed by atoms with Gasteiger partial charge in [-0.1, -0.05) is 29.7 Å². The molecule has 148 valence electrons. The maximum Gasteiger partial charge on any atom is 0.339 e. The molecule has 0 fully saturated rings. The molecule has 2 heterocycles. The number of hydrogen-bond donors (Lipinski definition) is 2. The van der Waals surface area contributed by atoms with Crippen LogP contribution in [0.2, 0.25) is 0 Å². The zero-order chi connectivity index (χ0) is 21.3. The molecule has 2 aromatic heterocycles. The van der Waals surface area contributed by atoms with Crippen LogP contribution >= 0.6 is 0 Å². The number of esters is 1. The highest BCUT2D eigenvalue weighted by Gasteiger charge is 2.13. The summed E-state index contributed by atoms with van der Waals surface area (Å²) in [7, 11) is 1.33. The molecule has 0 unspecified atom stereocenters. The van der Waals surface area contributed by atoms with E-state index in [1.165, 1.54) is 7.11 Å². The minimum atomic E-state index is -0.477. The Bertz CT molecular complexity index is 1200. The van der Waals surface area contributed by atoms with Crippen molar-refractivity contribution in [2.75, 3.05) is 7.11 Å². The van der Waals surface area contributed by atoms with Gasteiger partial charge < -0.3 is 16.2 Å². The standard InChI is InChI=1S/C24H20N4O2/c1-30-24(29)23-4-2-3-19(7-5-17-9-11-27-20(13-17)15-25)22(23)8-6-18-10-12-28-21(14-18)16-26/h2-4,9-14H,15-16,25-26H2,1H3. The van der Waals surface area contributed by atoms with E-state index in [4.69, 9.17) is 16.2 Å². The van der Waals surface area contributed by atoms with E-state index in [2.05, 4.69) is 33.6 Å². The fraction of sp³-hybridized carbons (Fsp3) is 0.125. The molecular weight excluding hydrogens is 376 g/mol. The summed E-state index contributed by atoms with van der Waals surface area (Å²) < 4.78 is 4.91. The largest absolute Gasteiger partial charge is 0.465 e. The molecular formula is C24H20N4O2. The number of nitrogens with zero attached hydrogens (tertiary/aromatic N) is 2. The minimum absolute atomic E-state index is 0.321. The van der Waals surface area contributed by atoms with Crippen LogP contribution < -0.4 is 11.5 Å². The van der Waals surface area contributed by atoms with Crippen molar-refractivity contribution in [2.24, 2.45) is 11.5 Å². The summed E-state index contributed by atoms with van der Waals surface area (Å²) in [5, 5.41) is 0. The highest BCUT2D eigenvalue weighted by Crippen LogP contribution is 2.15. The number of rotatable bonds is 3. The summed E-state index contributed by atoms with van der Waals surface area (Å²) in [6.07, 6.45) is 3.31. The van der Waals surface area contributed by atoms with Crippen LogP contribution in [-0.4, -0.2) is 23.0 Å². The summed E-state index contributed by atoms with van der Waals surface area (Å²) in [4.78, 5) is 20.6. The van der Waals surface area contributed by atoms with E-state index in [0.717, 1.165) is 22.5 Å². The molecule has 1 aromatic carbocycles. The Morgan fingerprint density at radius 2 is 1.50 bits per heavy atom. The smallest absolute Gasteiger partial charge is 0.339 e. The van der Waals surface area contributed by atoms with Gasteiger partial charge >= 0.3 is 5.97 Å².